The number of carbonyl (C=O) groups excluding carboxylic acids is 2. The third-order valence-electron chi connectivity index (χ3n) is 5.37. The summed E-state index contributed by atoms with van der Waals surface area (Å²) in [5, 5.41) is 5.74. The average Bonchev–Trinajstić information content (AvgIpc) is 3.53. The highest BCUT2D eigenvalue weighted by Gasteiger charge is 2.34. The maximum Gasteiger partial charge on any atom is 0.279 e. The maximum absolute atomic E-state index is 12.7. The van der Waals surface area contributed by atoms with E-state index in [1.54, 1.807) is 18.2 Å². The second-order valence-corrected chi connectivity index (χ2v) is 8.17. The molecule has 5 heteroatoms. The largest absolute Gasteiger partial charge is 0.352 e. The van der Waals surface area contributed by atoms with Gasteiger partial charge in [0.1, 0.15) is 6.54 Å². The molecule has 0 heterocycles. The average molecular weight is 395 g/mol. The third kappa shape index (κ3) is 6.16. The Balaban J connectivity index is 1.60. The topological polar surface area (TPSA) is 62.6 Å². The fourth-order valence-corrected chi connectivity index (χ4v) is 3.54. The molecule has 0 radical (unpaired) electrons. The summed E-state index contributed by atoms with van der Waals surface area (Å²) in [6, 6.07) is 16.4. The Morgan fingerprint density at radius 2 is 1.83 bits per heavy atom. The normalized spacial score (nSPS) is 14.5. The second-order valence-electron chi connectivity index (χ2n) is 8.17. The fourth-order valence-electron chi connectivity index (χ4n) is 3.54. The number of amides is 2. The highest BCUT2D eigenvalue weighted by molar-refractivity contribution is 5.97. The van der Waals surface area contributed by atoms with Gasteiger partial charge in [0, 0.05) is 36.2 Å². The van der Waals surface area contributed by atoms with Crippen LogP contribution in [0, 0.1) is 0 Å². The van der Waals surface area contributed by atoms with Gasteiger partial charge in [0.2, 0.25) is 0 Å². The van der Waals surface area contributed by atoms with Crippen LogP contribution in [0.5, 0.6) is 0 Å². The van der Waals surface area contributed by atoms with E-state index < -0.39 is 0 Å². The Hall–Kier alpha value is -2.66. The minimum absolute atomic E-state index is 0.0150. The zero-order chi connectivity index (χ0) is 20.8. The number of hydrogen-bond donors (Lipinski definition) is 3. The Kier molecular flexibility index (Phi) is 7.04. The predicted octanol–water partition coefficient (Wildman–Crippen LogP) is 2.75. The Labute approximate surface area is 173 Å². The van der Waals surface area contributed by atoms with Crippen LogP contribution < -0.4 is 15.5 Å². The Morgan fingerprint density at radius 3 is 2.45 bits per heavy atom. The highest BCUT2D eigenvalue weighted by Crippen LogP contribution is 2.17. The molecule has 2 amide bonds. The number of hydrogen-bond acceptors (Lipinski definition) is 2. The van der Waals surface area contributed by atoms with Crippen molar-refractivity contribution >= 4 is 17.5 Å². The van der Waals surface area contributed by atoms with Crippen LogP contribution in [0.15, 0.2) is 48.5 Å². The van der Waals surface area contributed by atoms with Gasteiger partial charge >= 0.3 is 0 Å². The monoisotopic (exact) mass is 394 g/mol. The van der Waals surface area contributed by atoms with Crippen molar-refractivity contribution in [2.45, 2.75) is 52.1 Å². The minimum atomic E-state index is -0.126. The number of rotatable bonds is 9. The first-order valence-corrected chi connectivity index (χ1v) is 10.6. The number of quaternary nitrogens is 1. The molecule has 1 fully saturated rings. The second kappa shape index (κ2) is 9.70. The third-order valence-corrected chi connectivity index (χ3v) is 5.37. The molecule has 0 aromatic heterocycles. The molecular formula is C24H32N3O2+. The van der Waals surface area contributed by atoms with Crippen molar-refractivity contribution in [1.29, 1.82) is 0 Å². The lowest BCUT2D eigenvalue weighted by Crippen LogP contribution is -3.13. The van der Waals surface area contributed by atoms with Crippen LogP contribution in [0.2, 0.25) is 0 Å². The molecule has 3 N–H and O–H groups in total. The first kappa shape index (κ1) is 21.1. The summed E-state index contributed by atoms with van der Waals surface area (Å²) in [6.45, 7) is 8.14. The molecule has 1 atom stereocenters. The van der Waals surface area contributed by atoms with Gasteiger partial charge in [-0.05, 0) is 36.6 Å². The summed E-state index contributed by atoms with van der Waals surface area (Å²) < 4.78 is 0. The zero-order valence-corrected chi connectivity index (χ0v) is 17.6. The standard InChI is InChI=1S/C24H31N3O2/c1-4-25-24(29)20-6-5-7-21(14-20)26-23(28)16-27(22-12-13-22)15-18-8-10-19(11-9-18)17(2)3/h5-11,14,17,22H,4,12-13,15-16H2,1-3H3,(H,25,29)(H,26,28)/p+1. The molecule has 1 aliphatic carbocycles. The molecule has 3 rings (SSSR count). The zero-order valence-electron chi connectivity index (χ0n) is 17.6. The smallest absolute Gasteiger partial charge is 0.279 e. The van der Waals surface area contributed by atoms with E-state index in [4.69, 9.17) is 0 Å². The SMILES string of the molecule is CCNC(=O)c1cccc(NC(=O)C[NH+](Cc2ccc(C(C)C)cc2)C2CC2)c1. The molecular weight excluding hydrogens is 362 g/mol. The van der Waals surface area contributed by atoms with Crippen LogP contribution >= 0.6 is 0 Å². The van der Waals surface area contributed by atoms with E-state index in [1.807, 2.05) is 13.0 Å². The quantitative estimate of drug-likeness (QED) is 0.612. The van der Waals surface area contributed by atoms with Crippen LogP contribution in [-0.2, 0) is 11.3 Å². The number of carbonyl (C=O) groups is 2. The highest BCUT2D eigenvalue weighted by atomic mass is 16.2. The summed E-state index contributed by atoms with van der Waals surface area (Å²) in [4.78, 5) is 26.0. The summed E-state index contributed by atoms with van der Waals surface area (Å²) in [6.07, 6.45) is 2.36. The van der Waals surface area contributed by atoms with E-state index in [1.165, 1.54) is 28.9 Å². The van der Waals surface area contributed by atoms with Crippen molar-refractivity contribution in [2.24, 2.45) is 0 Å². The first-order valence-electron chi connectivity index (χ1n) is 10.6. The molecule has 0 spiro atoms. The van der Waals surface area contributed by atoms with Crippen molar-refractivity contribution in [2.75, 3.05) is 18.4 Å². The maximum atomic E-state index is 12.7. The van der Waals surface area contributed by atoms with E-state index >= 15 is 0 Å². The number of anilines is 1. The van der Waals surface area contributed by atoms with Crippen molar-refractivity contribution in [1.82, 2.24) is 5.32 Å². The van der Waals surface area contributed by atoms with Gasteiger partial charge in [-0.25, -0.2) is 0 Å². The molecule has 0 aliphatic heterocycles. The molecule has 0 saturated heterocycles. The fraction of sp³-hybridized carbons (Fsp3) is 0.417. The van der Waals surface area contributed by atoms with Crippen LogP contribution in [0.3, 0.4) is 0 Å². The Bertz CT molecular complexity index is 841. The van der Waals surface area contributed by atoms with Gasteiger partial charge in [-0.3, -0.25) is 9.59 Å². The minimum Gasteiger partial charge on any atom is -0.352 e. The van der Waals surface area contributed by atoms with Crippen LogP contribution in [0.4, 0.5) is 5.69 Å². The van der Waals surface area contributed by atoms with Crippen molar-refractivity contribution < 1.29 is 14.5 Å². The molecule has 2 aromatic carbocycles. The summed E-state index contributed by atoms with van der Waals surface area (Å²) >= 11 is 0. The summed E-state index contributed by atoms with van der Waals surface area (Å²) in [7, 11) is 0. The first-order chi connectivity index (χ1) is 14.0. The van der Waals surface area contributed by atoms with Crippen LogP contribution in [0.1, 0.15) is 61.0 Å². The van der Waals surface area contributed by atoms with Crippen molar-refractivity contribution in [3.8, 4) is 0 Å². The summed E-state index contributed by atoms with van der Waals surface area (Å²) in [5.74, 6) is 0.384. The van der Waals surface area contributed by atoms with E-state index in [-0.39, 0.29) is 11.8 Å². The molecule has 5 nitrogen and oxygen atoms in total. The van der Waals surface area contributed by atoms with Crippen LogP contribution in [-0.4, -0.2) is 30.9 Å². The van der Waals surface area contributed by atoms with Crippen molar-refractivity contribution in [3.05, 3.63) is 65.2 Å². The lowest BCUT2D eigenvalue weighted by Gasteiger charge is -2.19. The van der Waals surface area contributed by atoms with Gasteiger partial charge in [-0.15, -0.1) is 0 Å². The van der Waals surface area contributed by atoms with Gasteiger partial charge in [-0.2, -0.15) is 0 Å². The van der Waals surface area contributed by atoms with Gasteiger partial charge in [-0.1, -0.05) is 44.2 Å². The van der Waals surface area contributed by atoms with Gasteiger partial charge < -0.3 is 15.5 Å². The number of nitrogens with one attached hydrogen (secondary N) is 3. The van der Waals surface area contributed by atoms with Gasteiger partial charge in [0.25, 0.3) is 11.8 Å². The van der Waals surface area contributed by atoms with Crippen molar-refractivity contribution in [3.63, 3.8) is 0 Å². The molecule has 1 unspecified atom stereocenters. The van der Waals surface area contributed by atoms with E-state index in [0.717, 1.165) is 6.54 Å². The molecule has 0 bridgehead atoms. The molecule has 154 valence electrons. The Morgan fingerprint density at radius 1 is 1.10 bits per heavy atom. The van der Waals surface area contributed by atoms with Gasteiger partial charge in [0.15, 0.2) is 6.54 Å². The van der Waals surface area contributed by atoms with Crippen LogP contribution in [0.25, 0.3) is 0 Å². The lowest BCUT2D eigenvalue weighted by molar-refractivity contribution is -0.916. The predicted molar refractivity (Wildman–Crippen MR) is 116 cm³/mol. The molecule has 2 aromatic rings. The molecule has 1 saturated carbocycles. The van der Waals surface area contributed by atoms with Gasteiger partial charge in [0.05, 0.1) is 6.04 Å². The molecule has 29 heavy (non-hydrogen) atoms. The number of benzene rings is 2. The van der Waals surface area contributed by atoms with E-state index in [2.05, 4.69) is 48.7 Å². The van der Waals surface area contributed by atoms with E-state index in [9.17, 15) is 9.59 Å². The van der Waals surface area contributed by atoms with E-state index in [0.29, 0.717) is 36.3 Å². The lowest BCUT2D eigenvalue weighted by atomic mass is 10.0. The summed E-state index contributed by atoms with van der Waals surface area (Å²) in [5.41, 5.74) is 3.82. The molecule has 1 aliphatic rings.